The van der Waals surface area contributed by atoms with Crippen LogP contribution in [0.25, 0.3) is 0 Å². The maximum atomic E-state index is 5.49. The first-order valence-electron chi connectivity index (χ1n) is 5.77. The summed E-state index contributed by atoms with van der Waals surface area (Å²) in [4.78, 5) is 0. The minimum Gasteiger partial charge on any atom is -0.493 e. The summed E-state index contributed by atoms with van der Waals surface area (Å²) < 4.78 is 5.49. The predicted molar refractivity (Wildman–Crippen MR) is 69.7 cm³/mol. The minimum atomic E-state index is 0. The lowest BCUT2D eigenvalue weighted by Gasteiger charge is -2.12. The maximum absolute atomic E-state index is 5.49. The third-order valence-corrected chi connectivity index (χ3v) is 2.85. The fourth-order valence-corrected chi connectivity index (χ4v) is 2.14. The molecule has 0 amide bonds. The zero-order valence-electron chi connectivity index (χ0n) is 9.95. The maximum Gasteiger partial charge on any atom is 0.122 e. The summed E-state index contributed by atoms with van der Waals surface area (Å²) >= 11 is 0. The van der Waals surface area contributed by atoms with Crippen LogP contribution in [0.15, 0.2) is 18.2 Å². The van der Waals surface area contributed by atoms with E-state index in [1.807, 2.05) is 0 Å². The van der Waals surface area contributed by atoms with E-state index in [2.05, 4.69) is 37.4 Å². The van der Waals surface area contributed by atoms with Crippen LogP contribution >= 0.6 is 12.4 Å². The van der Waals surface area contributed by atoms with Crippen LogP contribution in [0, 0.1) is 0 Å². The standard InChI is InChI=1S/C13H19NO.ClH/c1-3-14-10(2)8-11-4-5-13-12(9-11)6-7-15-13;/h4-5,9-10,14H,3,6-8H2,1-2H3;1H. The van der Waals surface area contributed by atoms with Crippen LogP contribution < -0.4 is 10.1 Å². The van der Waals surface area contributed by atoms with Crippen molar-refractivity contribution >= 4 is 12.4 Å². The van der Waals surface area contributed by atoms with Crippen molar-refractivity contribution in [2.75, 3.05) is 13.2 Å². The Morgan fingerprint density at radius 3 is 3.00 bits per heavy atom. The second-order valence-electron chi connectivity index (χ2n) is 4.20. The zero-order valence-corrected chi connectivity index (χ0v) is 10.8. The summed E-state index contributed by atoms with van der Waals surface area (Å²) in [7, 11) is 0. The SMILES string of the molecule is CCNC(C)Cc1ccc2c(c1)CCO2.Cl. The van der Waals surface area contributed by atoms with Crippen molar-refractivity contribution in [3.05, 3.63) is 29.3 Å². The van der Waals surface area contributed by atoms with Gasteiger partial charge in [-0.1, -0.05) is 19.1 Å². The van der Waals surface area contributed by atoms with E-state index in [0.717, 1.165) is 31.7 Å². The van der Waals surface area contributed by atoms with E-state index >= 15 is 0 Å². The van der Waals surface area contributed by atoms with Crippen molar-refractivity contribution in [3.63, 3.8) is 0 Å². The molecule has 1 atom stereocenters. The molecule has 1 aliphatic heterocycles. The molecule has 1 heterocycles. The number of hydrogen-bond donors (Lipinski definition) is 1. The fraction of sp³-hybridized carbons (Fsp3) is 0.538. The molecule has 0 radical (unpaired) electrons. The normalized spacial score (nSPS) is 14.9. The van der Waals surface area contributed by atoms with Crippen LogP contribution in [0.5, 0.6) is 5.75 Å². The Balaban J connectivity index is 0.00000128. The van der Waals surface area contributed by atoms with Gasteiger partial charge in [-0.05, 0) is 37.1 Å². The highest BCUT2D eigenvalue weighted by Crippen LogP contribution is 2.26. The van der Waals surface area contributed by atoms with Crippen LogP contribution in [0.3, 0.4) is 0 Å². The summed E-state index contributed by atoms with van der Waals surface area (Å²) in [6, 6.07) is 7.13. The van der Waals surface area contributed by atoms with Gasteiger partial charge < -0.3 is 10.1 Å². The van der Waals surface area contributed by atoms with Gasteiger partial charge >= 0.3 is 0 Å². The molecule has 0 bridgehead atoms. The van der Waals surface area contributed by atoms with Crippen molar-refractivity contribution in [1.82, 2.24) is 5.32 Å². The molecule has 2 rings (SSSR count). The molecule has 90 valence electrons. The van der Waals surface area contributed by atoms with Crippen LogP contribution in [0.2, 0.25) is 0 Å². The molecule has 1 aromatic rings. The largest absolute Gasteiger partial charge is 0.493 e. The van der Waals surface area contributed by atoms with Gasteiger partial charge in [0.2, 0.25) is 0 Å². The Morgan fingerprint density at radius 2 is 2.25 bits per heavy atom. The zero-order chi connectivity index (χ0) is 10.7. The smallest absolute Gasteiger partial charge is 0.122 e. The second kappa shape index (κ2) is 6.12. The molecule has 1 N–H and O–H groups in total. The van der Waals surface area contributed by atoms with E-state index in [4.69, 9.17) is 4.74 Å². The molecule has 0 fully saturated rings. The molecule has 1 unspecified atom stereocenters. The average molecular weight is 242 g/mol. The van der Waals surface area contributed by atoms with Crippen molar-refractivity contribution in [1.29, 1.82) is 0 Å². The van der Waals surface area contributed by atoms with Crippen molar-refractivity contribution in [2.24, 2.45) is 0 Å². The molecule has 16 heavy (non-hydrogen) atoms. The number of ether oxygens (including phenoxy) is 1. The molecular formula is C13H20ClNO. The van der Waals surface area contributed by atoms with Gasteiger partial charge in [-0.3, -0.25) is 0 Å². The summed E-state index contributed by atoms with van der Waals surface area (Å²) in [6.45, 7) is 6.26. The lowest BCUT2D eigenvalue weighted by Crippen LogP contribution is -2.27. The van der Waals surface area contributed by atoms with E-state index in [1.54, 1.807) is 0 Å². The van der Waals surface area contributed by atoms with E-state index < -0.39 is 0 Å². The molecule has 2 nitrogen and oxygen atoms in total. The summed E-state index contributed by atoms with van der Waals surface area (Å²) in [5.74, 6) is 1.08. The molecule has 0 aliphatic carbocycles. The molecule has 1 aromatic carbocycles. The van der Waals surface area contributed by atoms with Crippen molar-refractivity contribution < 1.29 is 4.74 Å². The van der Waals surface area contributed by atoms with E-state index in [9.17, 15) is 0 Å². The first-order valence-corrected chi connectivity index (χ1v) is 5.77. The molecule has 0 saturated heterocycles. The molecule has 3 heteroatoms. The highest BCUT2D eigenvalue weighted by Gasteiger charge is 2.12. The first-order chi connectivity index (χ1) is 7.29. The average Bonchev–Trinajstić information content (AvgIpc) is 2.65. The predicted octanol–water partition coefficient (Wildman–Crippen LogP) is 2.58. The Kier molecular flexibility index (Phi) is 5.10. The van der Waals surface area contributed by atoms with Crippen molar-refractivity contribution in [3.8, 4) is 5.75 Å². The number of nitrogens with one attached hydrogen (secondary N) is 1. The van der Waals surface area contributed by atoms with E-state index in [-0.39, 0.29) is 12.4 Å². The minimum absolute atomic E-state index is 0. The lowest BCUT2D eigenvalue weighted by atomic mass is 10.0. The Hall–Kier alpha value is -0.730. The van der Waals surface area contributed by atoms with Gasteiger partial charge in [-0.15, -0.1) is 12.4 Å². The topological polar surface area (TPSA) is 21.3 Å². The van der Waals surface area contributed by atoms with Gasteiger partial charge in [0.05, 0.1) is 6.61 Å². The number of benzene rings is 1. The van der Waals surface area contributed by atoms with Gasteiger partial charge in [0.15, 0.2) is 0 Å². The summed E-state index contributed by atoms with van der Waals surface area (Å²) in [6.07, 6.45) is 2.17. The summed E-state index contributed by atoms with van der Waals surface area (Å²) in [5, 5.41) is 3.43. The Bertz CT molecular complexity index is 341. The Morgan fingerprint density at radius 1 is 1.44 bits per heavy atom. The van der Waals surface area contributed by atoms with E-state index in [1.165, 1.54) is 11.1 Å². The molecule has 0 spiro atoms. The third-order valence-electron chi connectivity index (χ3n) is 2.85. The van der Waals surface area contributed by atoms with Gasteiger partial charge in [0.25, 0.3) is 0 Å². The van der Waals surface area contributed by atoms with Gasteiger partial charge in [0, 0.05) is 12.5 Å². The number of likely N-dealkylation sites (N-methyl/N-ethyl adjacent to an activating group) is 1. The van der Waals surface area contributed by atoms with Gasteiger partial charge in [0.1, 0.15) is 5.75 Å². The van der Waals surface area contributed by atoms with Crippen LogP contribution in [0.1, 0.15) is 25.0 Å². The van der Waals surface area contributed by atoms with Crippen LogP contribution in [-0.2, 0) is 12.8 Å². The molecular weight excluding hydrogens is 222 g/mol. The molecule has 0 saturated carbocycles. The lowest BCUT2D eigenvalue weighted by molar-refractivity contribution is 0.357. The monoisotopic (exact) mass is 241 g/mol. The number of fused-ring (bicyclic) bond motifs is 1. The molecule has 1 aliphatic rings. The van der Waals surface area contributed by atoms with Crippen LogP contribution in [-0.4, -0.2) is 19.2 Å². The second-order valence-corrected chi connectivity index (χ2v) is 4.20. The number of rotatable bonds is 4. The van der Waals surface area contributed by atoms with Gasteiger partial charge in [-0.25, -0.2) is 0 Å². The first kappa shape index (κ1) is 13.3. The number of hydrogen-bond acceptors (Lipinski definition) is 2. The number of halogens is 1. The summed E-state index contributed by atoms with van der Waals surface area (Å²) in [5.41, 5.74) is 2.78. The molecule has 0 aromatic heterocycles. The highest BCUT2D eigenvalue weighted by atomic mass is 35.5. The van der Waals surface area contributed by atoms with Crippen LogP contribution in [0.4, 0.5) is 0 Å². The fourth-order valence-electron chi connectivity index (χ4n) is 2.14. The highest BCUT2D eigenvalue weighted by molar-refractivity contribution is 5.85. The van der Waals surface area contributed by atoms with E-state index in [0.29, 0.717) is 6.04 Å². The Labute approximate surface area is 104 Å². The third kappa shape index (κ3) is 3.13. The quantitative estimate of drug-likeness (QED) is 0.875. The van der Waals surface area contributed by atoms with Crippen molar-refractivity contribution in [2.45, 2.75) is 32.7 Å². The van der Waals surface area contributed by atoms with Gasteiger partial charge in [-0.2, -0.15) is 0 Å².